The van der Waals surface area contributed by atoms with Gasteiger partial charge in [0, 0.05) is 37.7 Å². The van der Waals surface area contributed by atoms with Crippen LogP contribution in [0.1, 0.15) is 52.7 Å². The highest BCUT2D eigenvalue weighted by Gasteiger charge is 2.33. The fraction of sp³-hybridized carbons (Fsp3) is 0.762. The van der Waals surface area contributed by atoms with Gasteiger partial charge in [0.1, 0.15) is 15.5 Å². The molecule has 2 aliphatic rings. The highest BCUT2D eigenvalue weighted by molar-refractivity contribution is 8.13. The van der Waals surface area contributed by atoms with E-state index in [9.17, 15) is 8.42 Å². The highest BCUT2D eigenvalue weighted by atomic mass is 32.2. The monoisotopic (exact) mass is 484 g/mol. The SMILES string of the molecule is CCCCN(C)C[C@@H](C)Nc1nc2c(c(NCCSC3=NOC(C)(C)C3)n1)S(=O)(=O)CC2. The van der Waals surface area contributed by atoms with Crippen LogP contribution in [0.4, 0.5) is 11.8 Å². The Balaban J connectivity index is 1.63. The molecule has 0 aromatic carbocycles. The van der Waals surface area contributed by atoms with Gasteiger partial charge in [0.25, 0.3) is 0 Å². The predicted octanol–water partition coefficient (Wildman–Crippen LogP) is 3.00. The quantitative estimate of drug-likeness (QED) is 0.458. The summed E-state index contributed by atoms with van der Waals surface area (Å²) < 4.78 is 25.2. The maximum absolute atomic E-state index is 12.6. The third-order valence-electron chi connectivity index (χ3n) is 5.34. The number of nitrogens with one attached hydrogen (secondary N) is 2. The largest absolute Gasteiger partial charge is 0.389 e. The van der Waals surface area contributed by atoms with E-state index in [-0.39, 0.29) is 22.3 Å². The first kappa shape index (κ1) is 25.0. The lowest BCUT2D eigenvalue weighted by atomic mass is 10.1. The summed E-state index contributed by atoms with van der Waals surface area (Å²) in [5, 5.41) is 11.7. The molecule has 1 aromatic heterocycles. The molecule has 0 fully saturated rings. The van der Waals surface area contributed by atoms with Gasteiger partial charge in [-0.25, -0.2) is 13.4 Å². The minimum absolute atomic E-state index is 0.0857. The maximum atomic E-state index is 12.6. The number of thioether (sulfide) groups is 1. The number of unbranched alkanes of at least 4 members (excludes halogenated alkanes) is 1. The van der Waals surface area contributed by atoms with Crippen molar-refractivity contribution < 1.29 is 13.3 Å². The summed E-state index contributed by atoms with van der Waals surface area (Å²) >= 11 is 1.62. The number of hydrogen-bond donors (Lipinski definition) is 2. The minimum Gasteiger partial charge on any atom is -0.389 e. The predicted molar refractivity (Wildman–Crippen MR) is 131 cm³/mol. The van der Waals surface area contributed by atoms with Gasteiger partial charge < -0.3 is 20.4 Å². The standard InChI is InChI=1S/C21H36N6O3S2/c1-6-7-10-27(5)14-15(2)23-20-24-16-8-12-32(28,29)18(16)19(25-20)22-9-11-31-17-13-21(3,4)30-26-17/h15H,6-14H2,1-5H3,(H2,22,23,24,25)/t15-/m1/s1. The second kappa shape index (κ2) is 10.6. The third-order valence-corrected chi connectivity index (χ3v) is 8.10. The van der Waals surface area contributed by atoms with Crippen LogP contribution >= 0.6 is 11.8 Å². The zero-order valence-electron chi connectivity index (χ0n) is 19.8. The maximum Gasteiger partial charge on any atom is 0.225 e. The molecule has 0 saturated carbocycles. The van der Waals surface area contributed by atoms with Crippen LogP contribution in [0.2, 0.25) is 0 Å². The van der Waals surface area contributed by atoms with Crippen molar-refractivity contribution in [2.24, 2.45) is 5.16 Å². The van der Waals surface area contributed by atoms with Crippen molar-refractivity contribution in [3.8, 4) is 0 Å². The fourth-order valence-corrected chi connectivity index (χ4v) is 6.35. The molecule has 0 saturated heterocycles. The second-order valence-corrected chi connectivity index (χ2v) is 12.4. The summed E-state index contributed by atoms with van der Waals surface area (Å²) in [5.41, 5.74) is 0.346. The van der Waals surface area contributed by atoms with Gasteiger partial charge in [0.05, 0.1) is 11.4 Å². The lowest BCUT2D eigenvalue weighted by Crippen LogP contribution is -2.33. The molecule has 0 bridgehead atoms. The first-order valence-electron chi connectivity index (χ1n) is 11.3. The van der Waals surface area contributed by atoms with Crippen molar-refractivity contribution in [3.63, 3.8) is 0 Å². The zero-order chi connectivity index (χ0) is 23.4. The zero-order valence-corrected chi connectivity index (χ0v) is 21.4. The van der Waals surface area contributed by atoms with Crippen molar-refractivity contribution in [1.82, 2.24) is 14.9 Å². The number of aryl methyl sites for hydroxylation is 1. The van der Waals surface area contributed by atoms with Crippen molar-refractivity contribution in [2.45, 2.75) is 69.9 Å². The fourth-order valence-electron chi connectivity index (χ4n) is 3.78. The van der Waals surface area contributed by atoms with Crippen LogP contribution in [0.25, 0.3) is 0 Å². The summed E-state index contributed by atoms with van der Waals surface area (Å²) in [6.07, 6.45) is 3.54. The Kier molecular flexibility index (Phi) is 8.26. The van der Waals surface area contributed by atoms with Crippen LogP contribution in [-0.4, -0.2) is 78.2 Å². The molecule has 1 atom stereocenters. The lowest BCUT2D eigenvalue weighted by molar-refractivity contribution is 0.0123. The third kappa shape index (κ3) is 6.71. The van der Waals surface area contributed by atoms with Crippen LogP contribution in [0.15, 0.2) is 10.1 Å². The molecule has 0 radical (unpaired) electrons. The molecule has 11 heteroatoms. The average Bonchev–Trinajstić information content (AvgIpc) is 3.21. The minimum atomic E-state index is -3.35. The molecule has 180 valence electrons. The van der Waals surface area contributed by atoms with Crippen molar-refractivity contribution in [2.75, 3.05) is 48.8 Å². The molecule has 3 heterocycles. The Morgan fingerprint density at radius 1 is 1.31 bits per heavy atom. The Morgan fingerprint density at radius 2 is 2.09 bits per heavy atom. The Morgan fingerprint density at radius 3 is 2.78 bits per heavy atom. The first-order chi connectivity index (χ1) is 15.1. The number of oxime groups is 1. The first-order valence-corrected chi connectivity index (χ1v) is 13.9. The van der Waals surface area contributed by atoms with Gasteiger partial charge in [-0.1, -0.05) is 18.5 Å². The number of likely N-dealkylation sites (N-methyl/N-ethyl adjacent to an activating group) is 1. The van der Waals surface area contributed by atoms with E-state index in [0.717, 1.165) is 30.3 Å². The number of anilines is 2. The van der Waals surface area contributed by atoms with Crippen LogP contribution in [0, 0.1) is 0 Å². The molecular weight excluding hydrogens is 448 g/mol. The summed E-state index contributed by atoms with van der Waals surface area (Å²) in [5.74, 6) is 1.69. The Bertz CT molecular complexity index is 936. The van der Waals surface area contributed by atoms with E-state index < -0.39 is 9.84 Å². The van der Waals surface area contributed by atoms with E-state index in [1.54, 1.807) is 11.8 Å². The molecule has 3 rings (SSSR count). The van der Waals surface area contributed by atoms with E-state index in [1.165, 1.54) is 12.8 Å². The number of fused-ring (bicyclic) bond motifs is 1. The molecule has 0 amide bonds. The topological polar surface area (TPSA) is 109 Å². The molecule has 0 spiro atoms. The number of aromatic nitrogens is 2. The van der Waals surface area contributed by atoms with Gasteiger partial charge in [-0.15, -0.1) is 11.8 Å². The summed E-state index contributed by atoms with van der Waals surface area (Å²) in [6, 6.07) is 0.139. The van der Waals surface area contributed by atoms with E-state index in [1.807, 2.05) is 13.8 Å². The number of rotatable bonds is 11. The molecule has 1 aromatic rings. The summed E-state index contributed by atoms with van der Waals surface area (Å²) in [4.78, 5) is 17.0. The van der Waals surface area contributed by atoms with Crippen LogP contribution in [-0.2, 0) is 21.1 Å². The lowest BCUT2D eigenvalue weighted by Gasteiger charge is -2.22. The molecule has 9 nitrogen and oxygen atoms in total. The molecule has 0 aliphatic carbocycles. The summed E-state index contributed by atoms with van der Waals surface area (Å²) in [7, 11) is -1.25. The van der Waals surface area contributed by atoms with Crippen molar-refractivity contribution in [1.29, 1.82) is 0 Å². The van der Waals surface area contributed by atoms with E-state index >= 15 is 0 Å². The van der Waals surface area contributed by atoms with Gasteiger partial charge in [-0.2, -0.15) is 4.98 Å². The molecule has 2 N–H and O–H groups in total. The molecule has 2 aliphatic heterocycles. The normalized spacial score (nSPS) is 19.4. The highest BCUT2D eigenvalue weighted by Crippen LogP contribution is 2.32. The molecule has 32 heavy (non-hydrogen) atoms. The average molecular weight is 485 g/mol. The molecule has 0 unspecified atom stereocenters. The van der Waals surface area contributed by atoms with Crippen molar-refractivity contribution >= 4 is 38.4 Å². The smallest absolute Gasteiger partial charge is 0.225 e. The molecular formula is C21H36N6O3S2. The van der Waals surface area contributed by atoms with Crippen LogP contribution in [0.3, 0.4) is 0 Å². The number of sulfone groups is 1. The van der Waals surface area contributed by atoms with Crippen LogP contribution in [0.5, 0.6) is 0 Å². The van der Waals surface area contributed by atoms with Gasteiger partial charge in [-0.3, -0.25) is 0 Å². The number of hydrogen-bond acceptors (Lipinski definition) is 10. The van der Waals surface area contributed by atoms with Gasteiger partial charge >= 0.3 is 0 Å². The Hall–Kier alpha value is -1.59. The van der Waals surface area contributed by atoms with E-state index in [4.69, 9.17) is 4.84 Å². The van der Waals surface area contributed by atoms with Crippen LogP contribution < -0.4 is 10.6 Å². The second-order valence-electron chi connectivity index (χ2n) is 9.19. The van der Waals surface area contributed by atoms with E-state index in [0.29, 0.717) is 30.4 Å². The summed E-state index contributed by atoms with van der Waals surface area (Å²) in [6.45, 7) is 10.8. The van der Waals surface area contributed by atoms with Gasteiger partial charge in [0.2, 0.25) is 5.95 Å². The van der Waals surface area contributed by atoms with Crippen molar-refractivity contribution in [3.05, 3.63) is 5.69 Å². The van der Waals surface area contributed by atoms with E-state index in [2.05, 4.69) is 51.6 Å². The number of nitrogens with zero attached hydrogens (tertiary/aromatic N) is 4. The van der Waals surface area contributed by atoms with Gasteiger partial charge in [-0.05, 0) is 40.8 Å². The van der Waals surface area contributed by atoms with Gasteiger partial charge in [0.15, 0.2) is 15.7 Å². The Labute approximate surface area is 196 Å².